The quantitative estimate of drug-likeness (QED) is 0.810. The van der Waals surface area contributed by atoms with E-state index in [9.17, 15) is 4.79 Å². The summed E-state index contributed by atoms with van der Waals surface area (Å²) in [6.07, 6.45) is 1.74. The molecule has 0 aromatic carbocycles. The molecule has 2 heterocycles. The molecule has 0 fully saturated rings. The van der Waals surface area contributed by atoms with Gasteiger partial charge in [0.25, 0.3) is 0 Å². The Hall–Kier alpha value is -1.91. The first-order chi connectivity index (χ1) is 7.58. The van der Waals surface area contributed by atoms with Crippen molar-refractivity contribution in [2.75, 3.05) is 5.32 Å². The first-order valence-electron chi connectivity index (χ1n) is 5.19. The van der Waals surface area contributed by atoms with E-state index in [0.717, 1.165) is 16.6 Å². The van der Waals surface area contributed by atoms with E-state index in [2.05, 4.69) is 34.3 Å². The number of aromatic nitrogens is 3. The maximum atomic E-state index is 10.9. The van der Waals surface area contributed by atoms with Gasteiger partial charge in [0.05, 0.1) is 5.52 Å². The number of amides is 1. The fourth-order valence-corrected chi connectivity index (χ4v) is 1.61. The average molecular weight is 218 g/mol. The summed E-state index contributed by atoms with van der Waals surface area (Å²) in [5, 5.41) is 10.8. The number of pyridine rings is 1. The number of nitrogens with one attached hydrogen (secondary N) is 2. The minimum Gasteiger partial charge on any atom is -0.311 e. The van der Waals surface area contributed by atoms with Gasteiger partial charge in [-0.2, -0.15) is 5.10 Å². The van der Waals surface area contributed by atoms with E-state index in [4.69, 9.17) is 0 Å². The van der Waals surface area contributed by atoms with Crippen LogP contribution in [0.2, 0.25) is 0 Å². The van der Waals surface area contributed by atoms with Gasteiger partial charge >= 0.3 is 0 Å². The van der Waals surface area contributed by atoms with Crippen LogP contribution in [0.15, 0.2) is 12.3 Å². The van der Waals surface area contributed by atoms with E-state index in [0.29, 0.717) is 11.7 Å². The summed E-state index contributed by atoms with van der Waals surface area (Å²) in [7, 11) is 0. The highest BCUT2D eigenvalue weighted by molar-refractivity contribution is 5.90. The number of H-pyrrole nitrogens is 1. The summed E-state index contributed by atoms with van der Waals surface area (Å²) in [6.45, 7) is 5.64. The molecule has 0 saturated carbocycles. The molecule has 0 aliphatic carbocycles. The van der Waals surface area contributed by atoms with E-state index in [-0.39, 0.29) is 5.91 Å². The van der Waals surface area contributed by atoms with Crippen LogP contribution in [0.5, 0.6) is 0 Å². The zero-order chi connectivity index (χ0) is 11.7. The van der Waals surface area contributed by atoms with Gasteiger partial charge in [-0.15, -0.1) is 0 Å². The number of nitrogens with zero attached hydrogens (tertiary/aromatic N) is 2. The normalized spacial score (nSPS) is 11.0. The summed E-state index contributed by atoms with van der Waals surface area (Å²) >= 11 is 0. The smallest absolute Gasteiger partial charge is 0.222 e. The second-order valence-corrected chi connectivity index (χ2v) is 4.06. The van der Waals surface area contributed by atoms with Crippen LogP contribution in [0, 0.1) is 0 Å². The van der Waals surface area contributed by atoms with E-state index in [1.807, 2.05) is 0 Å². The number of carbonyl (C=O) groups excluding carboxylic acids is 1. The van der Waals surface area contributed by atoms with Crippen molar-refractivity contribution in [3.63, 3.8) is 0 Å². The molecule has 2 rings (SSSR count). The number of carbonyl (C=O) groups is 1. The third-order valence-corrected chi connectivity index (χ3v) is 2.35. The molecule has 5 heteroatoms. The maximum Gasteiger partial charge on any atom is 0.222 e. The summed E-state index contributed by atoms with van der Waals surface area (Å²) in [6, 6.07) is 1.76. The molecule has 2 aromatic rings. The molecule has 16 heavy (non-hydrogen) atoms. The minimum atomic E-state index is -0.133. The third-order valence-electron chi connectivity index (χ3n) is 2.35. The lowest BCUT2D eigenvalue weighted by atomic mass is 10.1. The van der Waals surface area contributed by atoms with Crippen molar-refractivity contribution in [2.24, 2.45) is 0 Å². The summed E-state index contributed by atoms with van der Waals surface area (Å²) in [5.74, 6) is 0.770. The van der Waals surface area contributed by atoms with E-state index in [1.165, 1.54) is 6.92 Å². The van der Waals surface area contributed by atoms with Crippen LogP contribution in [0.1, 0.15) is 32.4 Å². The van der Waals surface area contributed by atoms with E-state index in [1.54, 1.807) is 12.3 Å². The van der Waals surface area contributed by atoms with Crippen LogP contribution < -0.4 is 5.32 Å². The van der Waals surface area contributed by atoms with Gasteiger partial charge < -0.3 is 5.32 Å². The van der Waals surface area contributed by atoms with E-state index >= 15 is 0 Å². The maximum absolute atomic E-state index is 10.9. The number of hydrogen-bond donors (Lipinski definition) is 2. The Morgan fingerprint density at radius 3 is 2.88 bits per heavy atom. The number of hydrogen-bond acceptors (Lipinski definition) is 3. The Kier molecular flexibility index (Phi) is 2.60. The molecule has 0 bridgehead atoms. The molecule has 1 amide bonds. The highest BCUT2D eigenvalue weighted by Gasteiger charge is 2.10. The molecule has 0 atom stereocenters. The van der Waals surface area contributed by atoms with Gasteiger partial charge in [0.1, 0.15) is 5.82 Å². The molecular weight excluding hydrogens is 204 g/mol. The minimum absolute atomic E-state index is 0.133. The molecule has 84 valence electrons. The molecule has 2 aromatic heterocycles. The van der Waals surface area contributed by atoms with Gasteiger partial charge in [-0.05, 0) is 5.92 Å². The van der Waals surface area contributed by atoms with Crippen LogP contribution >= 0.6 is 0 Å². The molecule has 0 unspecified atom stereocenters. The van der Waals surface area contributed by atoms with Crippen molar-refractivity contribution in [2.45, 2.75) is 26.7 Å². The fourth-order valence-electron chi connectivity index (χ4n) is 1.61. The molecule has 0 aliphatic rings. The second kappa shape index (κ2) is 3.92. The average Bonchev–Trinajstić information content (AvgIpc) is 2.59. The first kappa shape index (κ1) is 10.6. The molecule has 2 N–H and O–H groups in total. The summed E-state index contributed by atoms with van der Waals surface area (Å²) in [4.78, 5) is 15.1. The number of rotatable bonds is 2. The molecule has 0 aliphatic heterocycles. The number of aromatic amines is 1. The topological polar surface area (TPSA) is 70.7 Å². The van der Waals surface area contributed by atoms with Crippen LogP contribution in [0.4, 0.5) is 5.82 Å². The van der Waals surface area contributed by atoms with Gasteiger partial charge in [-0.1, -0.05) is 13.8 Å². The lowest BCUT2D eigenvalue weighted by molar-refractivity contribution is -0.114. The first-order valence-corrected chi connectivity index (χ1v) is 5.19. The SMILES string of the molecule is CC(=O)Nc1cc2n[nH]c(C(C)C)c2cn1. The van der Waals surface area contributed by atoms with Crippen LogP contribution in [-0.4, -0.2) is 21.1 Å². The highest BCUT2D eigenvalue weighted by Crippen LogP contribution is 2.23. The molecule has 0 spiro atoms. The van der Waals surface area contributed by atoms with Gasteiger partial charge in [-0.3, -0.25) is 9.89 Å². The highest BCUT2D eigenvalue weighted by atomic mass is 16.1. The zero-order valence-corrected chi connectivity index (χ0v) is 9.53. The van der Waals surface area contributed by atoms with Crippen molar-refractivity contribution < 1.29 is 4.79 Å². The molecular formula is C11H14N4O. The fraction of sp³-hybridized carbons (Fsp3) is 0.364. The van der Waals surface area contributed by atoms with Gasteiger partial charge in [0, 0.05) is 30.3 Å². The predicted octanol–water partition coefficient (Wildman–Crippen LogP) is 2.04. The monoisotopic (exact) mass is 218 g/mol. The standard InChI is InChI=1S/C11H14N4O/c1-6(2)11-8-5-12-10(13-7(3)16)4-9(8)14-15-11/h4-6H,1-3H3,(H,14,15)(H,12,13,16). The van der Waals surface area contributed by atoms with Gasteiger partial charge in [-0.25, -0.2) is 4.98 Å². The lowest BCUT2D eigenvalue weighted by Crippen LogP contribution is -2.06. The predicted molar refractivity (Wildman–Crippen MR) is 62.3 cm³/mol. The van der Waals surface area contributed by atoms with Crippen LogP contribution in [0.25, 0.3) is 10.9 Å². The van der Waals surface area contributed by atoms with Crippen molar-refractivity contribution in [1.29, 1.82) is 0 Å². The Bertz CT molecular complexity index is 530. The van der Waals surface area contributed by atoms with Crippen molar-refractivity contribution >= 4 is 22.6 Å². The van der Waals surface area contributed by atoms with Gasteiger partial charge in [0.2, 0.25) is 5.91 Å². The van der Waals surface area contributed by atoms with Crippen molar-refractivity contribution in [3.8, 4) is 0 Å². The van der Waals surface area contributed by atoms with Crippen molar-refractivity contribution in [3.05, 3.63) is 18.0 Å². The Morgan fingerprint density at radius 2 is 2.25 bits per heavy atom. The second-order valence-electron chi connectivity index (χ2n) is 4.06. The zero-order valence-electron chi connectivity index (χ0n) is 9.53. The largest absolute Gasteiger partial charge is 0.311 e. The summed E-state index contributed by atoms with van der Waals surface area (Å²) in [5.41, 5.74) is 1.89. The third kappa shape index (κ3) is 1.88. The molecule has 5 nitrogen and oxygen atoms in total. The Labute approximate surface area is 93.3 Å². The summed E-state index contributed by atoms with van der Waals surface area (Å²) < 4.78 is 0. The Balaban J connectivity index is 2.45. The lowest BCUT2D eigenvalue weighted by Gasteiger charge is -2.02. The van der Waals surface area contributed by atoms with Crippen LogP contribution in [0.3, 0.4) is 0 Å². The van der Waals surface area contributed by atoms with Crippen molar-refractivity contribution in [1.82, 2.24) is 15.2 Å². The number of fused-ring (bicyclic) bond motifs is 1. The van der Waals surface area contributed by atoms with Crippen LogP contribution in [-0.2, 0) is 4.79 Å². The molecule has 0 saturated heterocycles. The molecule has 0 radical (unpaired) electrons. The van der Waals surface area contributed by atoms with E-state index < -0.39 is 0 Å². The number of anilines is 1. The van der Waals surface area contributed by atoms with Gasteiger partial charge in [0.15, 0.2) is 0 Å². The Morgan fingerprint density at radius 1 is 1.50 bits per heavy atom.